The largest absolute Gasteiger partial charge is 0.385 e. The summed E-state index contributed by atoms with van der Waals surface area (Å²) >= 11 is 3.49. The van der Waals surface area contributed by atoms with Gasteiger partial charge in [0.05, 0.1) is 0 Å². The summed E-state index contributed by atoms with van der Waals surface area (Å²) in [5.41, 5.74) is 1.24. The van der Waals surface area contributed by atoms with Crippen LogP contribution < -0.4 is 5.32 Å². The molecule has 0 aromatic heterocycles. The molecule has 82 valence electrons. The van der Waals surface area contributed by atoms with Crippen LogP contribution in [0.3, 0.4) is 0 Å². The van der Waals surface area contributed by atoms with E-state index in [1.807, 2.05) is 0 Å². The molecule has 3 rings (SSSR count). The lowest BCUT2D eigenvalue weighted by Gasteiger charge is -2.06. The quantitative estimate of drug-likeness (QED) is 0.874. The van der Waals surface area contributed by atoms with Crippen LogP contribution in [0.25, 0.3) is 10.8 Å². The molecule has 2 aromatic rings. The molecule has 16 heavy (non-hydrogen) atoms. The number of nitrogens with one attached hydrogen (secondary N) is 1. The molecule has 0 spiro atoms. The van der Waals surface area contributed by atoms with Gasteiger partial charge in [-0.25, -0.2) is 0 Å². The van der Waals surface area contributed by atoms with Crippen molar-refractivity contribution in [3.8, 4) is 0 Å². The van der Waals surface area contributed by atoms with E-state index >= 15 is 0 Å². The van der Waals surface area contributed by atoms with Crippen molar-refractivity contribution in [2.75, 3.05) is 11.9 Å². The first-order valence-corrected chi connectivity index (χ1v) is 6.54. The van der Waals surface area contributed by atoms with Crippen LogP contribution in [-0.4, -0.2) is 6.54 Å². The molecule has 1 nitrogen and oxygen atoms in total. The molecule has 0 atom stereocenters. The number of fused-ring (bicyclic) bond motifs is 1. The molecule has 1 saturated carbocycles. The summed E-state index contributed by atoms with van der Waals surface area (Å²) in [5, 5.41) is 6.08. The lowest BCUT2D eigenvalue weighted by Crippen LogP contribution is -2.02. The summed E-state index contributed by atoms with van der Waals surface area (Å²) in [5.74, 6) is 0.917. The zero-order valence-corrected chi connectivity index (χ0v) is 10.6. The molecule has 0 aliphatic heterocycles. The molecule has 1 aliphatic rings. The zero-order valence-electron chi connectivity index (χ0n) is 9.04. The highest BCUT2D eigenvalue weighted by Crippen LogP contribution is 2.29. The average Bonchev–Trinajstić information content (AvgIpc) is 3.10. The first-order chi connectivity index (χ1) is 7.81. The average molecular weight is 276 g/mol. The van der Waals surface area contributed by atoms with Crippen LogP contribution in [-0.2, 0) is 0 Å². The molecule has 0 unspecified atom stereocenters. The van der Waals surface area contributed by atoms with Crippen LogP contribution in [0.2, 0.25) is 0 Å². The van der Waals surface area contributed by atoms with Crippen molar-refractivity contribution in [2.45, 2.75) is 12.8 Å². The molecule has 1 N–H and O–H groups in total. The molecule has 1 fully saturated rings. The summed E-state index contributed by atoms with van der Waals surface area (Å²) in [6, 6.07) is 13.0. The second-order valence-electron chi connectivity index (χ2n) is 4.53. The van der Waals surface area contributed by atoms with Crippen LogP contribution in [0.5, 0.6) is 0 Å². The Hall–Kier alpha value is -1.02. The standard InChI is InChI=1S/C14H14BrN/c15-13-5-3-12-8-14(6-4-11(12)7-13)16-9-10-1-2-10/h3-8,10,16H,1-2,9H2. The van der Waals surface area contributed by atoms with Gasteiger partial charge in [-0.3, -0.25) is 0 Å². The number of anilines is 1. The molecule has 0 bridgehead atoms. The van der Waals surface area contributed by atoms with Crippen LogP contribution in [0.1, 0.15) is 12.8 Å². The van der Waals surface area contributed by atoms with Crippen LogP contribution in [0, 0.1) is 5.92 Å². The van der Waals surface area contributed by atoms with Gasteiger partial charge in [0, 0.05) is 16.7 Å². The lowest BCUT2D eigenvalue weighted by molar-refractivity contribution is 0.889. The molecule has 2 aromatic carbocycles. The number of benzene rings is 2. The second kappa shape index (κ2) is 4.10. The van der Waals surface area contributed by atoms with Gasteiger partial charge in [-0.2, -0.15) is 0 Å². The zero-order chi connectivity index (χ0) is 11.0. The van der Waals surface area contributed by atoms with Crippen molar-refractivity contribution in [2.24, 2.45) is 5.92 Å². The van der Waals surface area contributed by atoms with Crippen molar-refractivity contribution in [3.05, 3.63) is 40.9 Å². The second-order valence-corrected chi connectivity index (χ2v) is 5.45. The highest BCUT2D eigenvalue weighted by atomic mass is 79.9. The third-order valence-corrected chi connectivity index (χ3v) is 3.59. The van der Waals surface area contributed by atoms with Gasteiger partial charge in [-0.05, 0) is 53.8 Å². The third-order valence-electron chi connectivity index (χ3n) is 3.09. The molecule has 0 heterocycles. The third kappa shape index (κ3) is 2.22. The molecule has 2 heteroatoms. The van der Waals surface area contributed by atoms with E-state index in [4.69, 9.17) is 0 Å². The van der Waals surface area contributed by atoms with E-state index in [-0.39, 0.29) is 0 Å². The monoisotopic (exact) mass is 275 g/mol. The lowest BCUT2D eigenvalue weighted by atomic mass is 10.1. The minimum Gasteiger partial charge on any atom is -0.385 e. The van der Waals surface area contributed by atoms with Gasteiger partial charge in [-0.15, -0.1) is 0 Å². The van der Waals surface area contributed by atoms with E-state index in [1.165, 1.54) is 29.3 Å². The smallest absolute Gasteiger partial charge is 0.0346 e. The molecule has 1 aliphatic carbocycles. The summed E-state index contributed by atoms with van der Waals surface area (Å²) < 4.78 is 1.14. The highest BCUT2D eigenvalue weighted by Gasteiger charge is 2.20. The maximum atomic E-state index is 3.50. The number of halogens is 1. The van der Waals surface area contributed by atoms with Gasteiger partial charge in [0.2, 0.25) is 0 Å². The Kier molecular flexibility index (Phi) is 2.60. The minimum atomic E-state index is 0.917. The van der Waals surface area contributed by atoms with E-state index in [9.17, 15) is 0 Å². The van der Waals surface area contributed by atoms with Crippen LogP contribution in [0.4, 0.5) is 5.69 Å². The van der Waals surface area contributed by atoms with Gasteiger partial charge in [0.25, 0.3) is 0 Å². The Balaban J connectivity index is 1.86. The molecule has 0 saturated heterocycles. The summed E-state index contributed by atoms with van der Waals surface area (Å²) in [6.45, 7) is 1.13. The van der Waals surface area contributed by atoms with E-state index in [0.29, 0.717) is 0 Å². The first kappa shape index (κ1) is 10.2. The number of hydrogen-bond acceptors (Lipinski definition) is 1. The fourth-order valence-electron chi connectivity index (χ4n) is 1.91. The Morgan fingerprint density at radius 2 is 1.81 bits per heavy atom. The SMILES string of the molecule is Brc1ccc2cc(NCC3CC3)ccc2c1. The maximum absolute atomic E-state index is 3.50. The number of rotatable bonds is 3. The van der Waals surface area contributed by atoms with Crippen LogP contribution >= 0.6 is 15.9 Å². The van der Waals surface area contributed by atoms with Crippen molar-refractivity contribution >= 4 is 32.4 Å². The van der Waals surface area contributed by atoms with E-state index in [0.717, 1.165) is 16.9 Å². The molecular weight excluding hydrogens is 262 g/mol. The molecule has 0 radical (unpaired) electrons. The predicted octanol–water partition coefficient (Wildman–Crippen LogP) is 4.42. The maximum Gasteiger partial charge on any atom is 0.0346 e. The molecule has 0 amide bonds. The van der Waals surface area contributed by atoms with Crippen molar-refractivity contribution in [1.29, 1.82) is 0 Å². The van der Waals surface area contributed by atoms with Gasteiger partial charge in [-0.1, -0.05) is 28.1 Å². The van der Waals surface area contributed by atoms with Crippen molar-refractivity contribution < 1.29 is 0 Å². The van der Waals surface area contributed by atoms with E-state index in [2.05, 4.69) is 57.6 Å². The first-order valence-electron chi connectivity index (χ1n) is 5.74. The highest BCUT2D eigenvalue weighted by molar-refractivity contribution is 9.10. The fraction of sp³-hybridized carbons (Fsp3) is 0.286. The normalized spacial score (nSPS) is 15.3. The van der Waals surface area contributed by atoms with Gasteiger partial charge in [0.1, 0.15) is 0 Å². The Morgan fingerprint density at radius 1 is 1.06 bits per heavy atom. The van der Waals surface area contributed by atoms with Gasteiger partial charge in [0.15, 0.2) is 0 Å². The van der Waals surface area contributed by atoms with Gasteiger partial charge >= 0.3 is 0 Å². The Bertz CT molecular complexity index is 517. The summed E-state index contributed by atoms with van der Waals surface area (Å²) in [6.07, 6.45) is 2.79. The fourth-order valence-corrected chi connectivity index (χ4v) is 2.29. The minimum absolute atomic E-state index is 0.917. The number of hydrogen-bond donors (Lipinski definition) is 1. The van der Waals surface area contributed by atoms with Crippen LogP contribution in [0.15, 0.2) is 40.9 Å². The Morgan fingerprint density at radius 3 is 2.62 bits per heavy atom. The van der Waals surface area contributed by atoms with Crippen molar-refractivity contribution in [1.82, 2.24) is 0 Å². The molecular formula is C14H14BrN. The summed E-state index contributed by atoms with van der Waals surface area (Å²) in [7, 11) is 0. The predicted molar refractivity (Wildman–Crippen MR) is 72.9 cm³/mol. The van der Waals surface area contributed by atoms with Gasteiger partial charge < -0.3 is 5.32 Å². The summed E-state index contributed by atoms with van der Waals surface area (Å²) in [4.78, 5) is 0. The van der Waals surface area contributed by atoms with E-state index in [1.54, 1.807) is 0 Å². The Labute approximate surface area is 104 Å². The van der Waals surface area contributed by atoms with Crippen molar-refractivity contribution in [3.63, 3.8) is 0 Å². The van der Waals surface area contributed by atoms with E-state index < -0.39 is 0 Å². The topological polar surface area (TPSA) is 12.0 Å².